The molecule has 1 rings (SSSR count). The van der Waals surface area contributed by atoms with Gasteiger partial charge in [0.05, 0.1) is 24.4 Å². The lowest BCUT2D eigenvalue weighted by molar-refractivity contribution is -0.117. The van der Waals surface area contributed by atoms with E-state index in [1.54, 1.807) is 18.2 Å². The van der Waals surface area contributed by atoms with Gasteiger partial charge in [-0.05, 0) is 36.9 Å². The Hall–Kier alpha value is -2.06. The van der Waals surface area contributed by atoms with Crippen LogP contribution in [0.5, 0.6) is 5.75 Å². The van der Waals surface area contributed by atoms with Crippen LogP contribution in [0.1, 0.15) is 32.3 Å². The van der Waals surface area contributed by atoms with Crippen molar-refractivity contribution in [2.24, 2.45) is 17.6 Å². The molecule has 0 bridgehead atoms. The number of nitrogens with one attached hydrogen (secondary N) is 1. The van der Waals surface area contributed by atoms with E-state index in [-0.39, 0.29) is 11.8 Å². The Morgan fingerprint density at radius 3 is 2.71 bits per heavy atom. The van der Waals surface area contributed by atoms with Crippen molar-refractivity contribution >= 4 is 11.6 Å². The number of hydrogen-bond donors (Lipinski definition) is 2. The van der Waals surface area contributed by atoms with E-state index in [1.807, 2.05) is 6.07 Å². The molecule has 5 nitrogen and oxygen atoms in total. The molecule has 0 aliphatic carbocycles. The number of ether oxygens (including phenoxy) is 1. The van der Waals surface area contributed by atoms with Gasteiger partial charge in [-0.15, -0.1) is 0 Å². The third-order valence-electron chi connectivity index (χ3n) is 3.22. The fourth-order valence-electron chi connectivity index (χ4n) is 2.26. The van der Waals surface area contributed by atoms with Gasteiger partial charge in [-0.2, -0.15) is 5.26 Å². The number of carbonyl (C=O) groups excluding carboxylic acids is 1. The molecule has 21 heavy (non-hydrogen) atoms. The first-order valence-corrected chi connectivity index (χ1v) is 7.08. The van der Waals surface area contributed by atoms with Gasteiger partial charge in [0.1, 0.15) is 5.75 Å². The lowest BCUT2D eigenvalue weighted by atomic mass is 9.94. The summed E-state index contributed by atoms with van der Waals surface area (Å²) in [6, 6.07) is 6.96. The molecule has 1 aromatic carbocycles. The summed E-state index contributed by atoms with van der Waals surface area (Å²) in [5.74, 6) is 1.08. The molecule has 3 N–H and O–H groups in total. The quantitative estimate of drug-likeness (QED) is 0.807. The molecule has 5 heteroatoms. The summed E-state index contributed by atoms with van der Waals surface area (Å²) in [5.41, 5.74) is 6.78. The molecule has 1 aromatic rings. The number of benzene rings is 1. The third kappa shape index (κ3) is 5.44. The van der Waals surface area contributed by atoms with Gasteiger partial charge >= 0.3 is 0 Å². The van der Waals surface area contributed by atoms with Crippen LogP contribution in [-0.4, -0.2) is 19.6 Å². The van der Waals surface area contributed by atoms with Gasteiger partial charge < -0.3 is 15.8 Å². The van der Waals surface area contributed by atoms with Crippen molar-refractivity contribution < 1.29 is 9.53 Å². The fourth-order valence-corrected chi connectivity index (χ4v) is 2.26. The predicted molar refractivity (Wildman–Crippen MR) is 83.0 cm³/mol. The molecule has 1 amide bonds. The van der Waals surface area contributed by atoms with Crippen molar-refractivity contribution in [1.29, 1.82) is 5.26 Å². The summed E-state index contributed by atoms with van der Waals surface area (Å²) in [4.78, 5) is 12.1. The molecular formula is C16H23N3O2. The van der Waals surface area contributed by atoms with Gasteiger partial charge in [0.2, 0.25) is 5.91 Å². The van der Waals surface area contributed by atoms with E-state index < -0.39 is 0 Å². The molecule has 0 spiro atoms. The highest BCUT2D eigenvalue weighted by atomic mass is 16.5. The molecular weight excluding hydrogens is 266 g/mol. The zero-order valence-electron chi connectivity index (χ0n) is 12.8. The number of nitriles is 1. The standard InChI is InChI=1S/C16H23N3O2/c1-11(2)6-13(10-18)8-16(20)19-14-5-4-12(9-17)7-15(14)21-3/h4-5,7,11,13H,6,8,10,18H2,1-3H3,(H,19,20)/t13-/m0/s1. The van der Waals surface area contributed by atoms with Crippen molar-refractivity contribution in [2.45, 2.75) is 26.7 Å². The first-order valence-electron chi connectivity index (χ1n) is 7.08. The van der Waals surface area contributed by atoms with Crippen molar-refractivity contribution in [2.75, 3.05) is 19.0 Å². The minimum atomic E-state index is -0.0888. The van der Waals surface area contributed by atoms with Crippen LogP contribution in [0.15, 0.2) is 18.2 Å². The monoisotopic (exact) mass is 289 g/mol. The van der Waals surface area contributed by atoms with Crippen LogP contribution in [-0.2, 0) is 4.79 Å². The Labute approximate surface area is 126 Å². The van der Waals surface area contributed by atoms with Gasteiger partial charge in [0.15, 0.2) is 0 Å². The predicted octanol–water partition coefficient (Wildman–Crippen LogP) is 2.52. The number of methoxy groups -OCH3 is 1. The average molecular weight is 289 g/mol. The van der Waals surface area contributed by atoms with Gasteiger partial charge in [-0.1, -0.05) is 13.8 Å². The van der Waals surface area contributed by atoms with E-state index >= 15 is 0 Å². The van der Waals surface area contributed by atoms with Crippen LogP contribution in [0.4, 0.5) is 5.69 Å². The van der Waals surface area contributed by atoms with Crippen LogP contribution < -0.4 is 15.8 Å². The van der Waals surface area contributed by atoms with Crippen molar-refractivity contribution in [3.63, 3.8) is 0 Å². The molecule has 0 saturated heterocycles. The van der Waals surface area contributed by atoms with Crippen LogP contribution in [0, 0.1) is 23.2 Å². The van der Waals surface area contributed by atoms with Crippen LogP contribution in [0.2, 0.25) is 0 Å². The number of anilines is 1. The average Bonchev–Trinajstić information content (AvgIpc) is 2.46. The van der Waals surface area contributed by atoms with E-state index in [4.69, 9.17) is 15.7 Å². The summed E-state index contributed by atoms with van der Waals surface area (Å²) in [7, 11) is 1.51. The maximum Gasteiger partial charge on any atom is 0.224 e. The molecule has 0 saturated carbocycles. The maximum atomic E-state index is 12.1. The Bertz CT molecular complexity index is 521. The Morgan fingerprint density at radius 1 is 1.48 bits per heavy atom. The molecule has 0 heterocycles. The Morgan fingerprint density at radius 2 is 2.19 bits per heavy atom. The van der Waals surface area contributed by atoms with Crippen LogP contribution >= 0.6 is 0 Å². The SMILES string of the molecule is COc1cc(C#N)ccc1NC(=O)C[C@@H](CN)CC(C)C. The number of amides is 1. The maximum absolute atomic E-state index is 12.1. The third-order valence-corrected chi connectivity index (χ3v) is 3.22. The smallest absolute Gasteiger partial charge is 0.224 e. The summed E-state index contributed by atoms with van der Waals surface area (Å²) >= 11 is 0. The highest BCUT2D eigenvalue weighted by Gasteiger charge is 2.15. The van der Waals surface area contributed by atoms with Crippen LogP contribution in [0.3, 0.4) is 0 Å². The van der Waals surface area contributed by atoms with E-state index in [9.17, 15) is 4.79 Å². The zero-order chi connectivity index (χ0) is 15.8. The zero-order valence-corrected chi connectivity index (χ0v) is 12.8. The molecule has 0 radical (unpaired) electrons. The topological polar surface area (TPSA) is 88.1 Å². The summed E-state index contributed by atoms with van der Waals surface area (Å²) in [5, 5.41) is 11.7. The minimum absolute atomic E-state index is 0.0888. The van der Waals surface area contributed by atoms with E-state index in [2.05, 4.69) is 19.2 Å². The molecule has 114 valence electrons. The molecule has 0 aromatic heterocycles. The van der Waals surface area contributed by atoms with Gasteiger partial charge in [0, 0.05) is 12.5 Å². The van der Waals surface area contributed by atoms with E-state index in [1.165, 1.54) is 7.11 Å². The highest BCUT2D eigenvalue weighted by molar-refractivity contribution is 5.92. The van der Waals surface area contributed by atoms with Crippen molar-refractivity contribution in [3.05, 3.63) is 23.8 Å². The lowest BCUT2D eigenvalue weighted by Crippen LogP contribution is -2.23. The summed E-state index contributed by atoms with van der Waals surface area (Å²) in [6.45, 7) is 4.73. The molecule has 1 atom stereocenters. The second kappa shape index (κ2) is 8.28. The second-order valence-electron chi connectivity index (χ2n) is 5.51. The lowest BCUT2D eigenvalue weighted by Gasteiger charge is -2.17. The molecule has 0 fully saturated rings. The Kier molecular flexibility index (Phi) is 6.70. The van der Waals surface area contributed by atoms with E-state index in [0.717, 1.165) is 6.42 Å². The van der Waals surface area contributed by atoms with E-state index in [0.29, 0.717) is 35.9 Å². The number of hydrogen-bond acceptors (Lipinski definition) is 4. The normalized spacial score (nSPS) is 11.8. The van der Waals surface area contributed by atoms with Crippen molar-refractivity contribution in [3.8, 4) is 11.8 Å². The number of nitrogens with zero attached hydrogens (tertiary/aromatic N) is 1. The highest BCUT2D eigenvalue weighted by Crippen LogP contribution is 2.26. The van der Waals surface area contributed by atoms with Gasteiger partial charge in [-0.25, -0.2) is 0 Å². The second-order valence-corrected chi connectivity index (χ2v) is 5.51. The number of nitrogens with two attached hydrogens (primary N) is 1. The largest absolute Gasteiger partial charge is 0.495 e. The minimum Gasteiger partial charge on any atom is -0.495 e. The molecule has 0 aliphatic rings. The fraction of sp³-hybridized carbons (Fsp3) is 0.500. The molecule has 0 aliphatic heterocycles. The van der Waals surface area contributed by atoms with Crippen LogP contribution in [0.25, 0.3) is 0 Å². The first-order chi connectivity index (χ1) is 9.99. The summed E-state index contributed by atoms with van der Waals surface area (Å²) in [6.07, 6.45) is 1.31. The summed E-state index contributed by atoms with van der Waals surface area (Å²) < 4.78 is 5.19. The first kappa shape index (κ1) is 17.0. The van der Waals surface area contributed by atoms with Crippen molar-refractivity contribution in [1.82, 2.24) is 0 Å². The van der Waals surface area contributed by atoms with Gasteiger partial charge in [0.25, 0.3) is 0 Å². The Balaban J connectivity index is 2.72. The number of carbonyl (C=O) groups is 1. The van der Waals surface area contributed by atoms with Gasteiger partial charge in [-0.3, -0.25) is 4.79 Å². The number of rotatable bonds is 7. The molecule has 0 unspecified atom stereocenters.